The van der Waals surface area contributed by atoms with Crippen molar-refractivity contribution in [3.05, 3.63) is 167 Å². The number of phenolic OH excluding ortho intramolecular Hbond substituents is 1. The van der Waals surface area contributed by atoms with Gasteiger partial charge in [-0.25, -0.2) is 4.98 Å². The summed E-state index contributed by atoms with van der Waals surface area (Å²) in [5.74, 6) is 1.06. The first-order chi connectivity index (χ1) is 31.8. The van der Waals surface area contributed by atoms with E-state index in [0.29, 0.717) is 22.6 Å². The molecular weight excluding hydrogens is 743 g/mol. The van der Waals surface area contributed by atoms with Gasteiger partial charge in [0.05, 0.1) is 27.8 Å². The van der Waals surface area contributed by atoms with Gasteiger partial charge in [0, 0.05) is 27.1 Å². The molecule has 6 aromatic carbocycles. The minimum absolute atomic E-state index is 0.00283. The summed E-state index contributed by atoms with van der Waals surface area (Å²) in [6.07, 6.45) is 1.57. The monoisotopic (exact) mass is 809 g/mol. The summed E-state index contributed by atoms with van der Waals surface area (Å²) < 4.78 is 60.8. The zero-order chi connectivity index (χ0) is 49.4. The van der Waals surface area contributed by atoms with Crippen LogP contribution in [0.1, 0.15) is 118 Å². The first kappa shape index (κ1) is 33.5. The fraction of sp³-hybridized carbons (Fsp3) is 0.263. The number of phenols is 1. The van der Waals surface area contributed by atoms with Crippen LogP contribution in [0.4, 0.5) is 0 Å². The highest BCUT2D eigenvalue weighted by atomic mass is 16.3. The van der Waals surface area contributed by atoms with Gasteiger partial charge >= 0.3 is 0 Å². The summed E-state index contributed by atoms with van der Waals surface area (Å²) in [5, 5.41) is 12.3. The van der Waals surface area contributed by atoms with Crippen LogP contribution >= 0.6 is 0 Å². The molecular formula is C57H59N3O. The lowest BCUT2D eigenvalue weighted by Gasteiger charge is -2.23. The van der Waals surface area contributed by atoms with E-state index in [4.69, 9.17) is 19.6 Å². The minimum atomic E-state index is -2.82. The summed E-state index contributed by atoms with van der Waals surface area (Å²) in [7, 11) is 0. The highest BCUT2D eigenvalue weighted by Crippen LogP contribution is 2.44. The van der Waals surface area contributed by atoms with Crippen molar-refractivity contribution in [2.24, 2.45) is 0 Å². The molecule has 0 spiro atoms. The van der Waals surface area contributed by atoms with E-state index in [1.165, 1.54) is 0 Å². The van der Waals surface area contributed by atoms with Crippen LogP contribution in [0.3, 0.4) is 0 Å². The second-order valence-corrected chi connectivity index (χ2v) is 18.9. The molecule has 308 valence electrons. The number of hydrogen-bond acceptors (Lipinski definition) is 3. The van der Waals surface area contributed by atoms with Crippen molar-refractivity contribution in [2.75, 3.05) is 0 Å². The number of pyridine rings is 1. The summed E-state index contributed by atoms with van der Waals surface area (Å²) in [4.78, 5) is 10.3. The Morgan fingerprint density at radius 3 is 1.97 bits per heavy atom. The molecule has 8 rings (SSSR count). The molecule has 0 bridgehead atoms. The van der Waals surface area contributed by atoms with Crippen LogP contribution in [-0.2, 0) is 10.8 Å². The van der Waals surface area contributed by atoms with Crippen LogP contribution in [0.5, 0.6) is 5.75 Å². The van der Waals surface area contributed by atoms with Crippen LogP contribution in [0.2, 0.25) is 0 Å². The van der Waals surface area contributed by atoms with Crippen molar-refractivity contribution in [3.63, 3.8) is 0 Å². The second kappa shape index (κ2) is 16.0. The summed E-state index contributed by atoms with van der Waals surface area (Å²) in [5.41, 5.74) is 11.8. The van der Waals surface area contributed by atoms with E-state index in [1.54, 1.807) is 18.3 Å². The van der Waals surface area contributed by atoms with Crippen molar-refractivity contribution in [1.29, 1.82) is 0 Å². The molecule has 8 aromatic rings. The van der Waals surface area contributed by atoms with Gasteiger partial charge in [0.15, 0.2) is 0 Å². The zero-order valence-corrected chi connectivity index (χ0v) is 36.9. The Balaban J connectivity index is 1.42. The third-order valence-electron chi connectivity index (χ3n) is 11.6. The van der Waals surface area contributed by atoms with Crippen LogP contribution < -0.4 is 0 Å². The van der Waals surface area contributed by atoms with Crippen LogP contribution in [-0.4, -0.2) is 19.6 Å². The molecule has 4 nitrogen and oxygen atoms in total. The van der Waals surface area contributed by atoms with E-state index in [2.05, 4.69) is 159 Å². The standard InChI is InChI=1S/C57H59N3O/c1-35(2)41-31-49(36(3)4)54(61)50(32-41)55-59-53-48(18-15-19-52(53)60(55)47-30-42(38-16-13-12-14-17-38)27-46(34-47)57(9,10)11)43-26-44(29-45(28-43)56(6,7)8)51-33-40(24-25-58-51)39-22-20-37(5)21-23-39/h12-36,61H,1-11H3/i5D3,20D,21D,22D,23D. The highest BCUT2D eigenvalue weighted by Gasteiger charge is 2.26. The Labute approximate surface area is 372 Å². The largest absolute Gasteiger partial charge is 0.507 e. The number of aromatic nitrogens is 3. The molecule has 1 N–H and O–H groups in total. The number of benzene rings is 6. The molecule has 0 unspecified atom stereocenters. The Morgan fingerprint density at radius 1 is 0.607 bits per heavy atom. The first-order valence-electron chi connectivity index (χ1n) is 24.7. The predicted molar refractivity (Wildman–Crippen MR) is 258 cm³/mol. The molecule has 61 heavy (non-hydrogen) atoms. The number of para-hydroxylation sites is 1. The number of aromatic hydroxyl groups is 1. The van der Waals surface area contributed by atoms with Gasteiger partial charge in [-0.1, -0.05) is 160 Å². The molecule has 0 atom stereocenters. The molecule has 4 heteroatoms. The normalized spacial score (nSPS) is 14.1. The Morgan fingerprint density at radius 2 is 1.30 bits per heavy atom. The van der Waals surface area contributed by atoms with Crippen molar-refractivity contribution in [1.82, 2.24) is 14.5 Å². The molecule has 0 saturated carbocycles. The average molecular weight is 809 g/mol. The maximum absolute atomic E-state index is 12.3. The van der Waals surface area contributed by atoms with E-state index >= 15 is 0 Å². The van der Waals surface area contributed by atoms with Gasteiger partial charge in [-0.15, -0.1) is 0 Å². The average Bonchev–Trinajstić information content (AvgIpc) is 3.67. The van der Waals surface area contributed by atoms with Crippen molar-refractivity contribution in [3.8, 4) is 67.5 Å². The fourth-order valence-electron chi connectivity index (χ4n) is 7.93. The number of fused-ring (bicyclic) bond motifs is 1. The van der Waals surface area contributed by atoms with E-state index in [1.807, 2.05) is 12.1 Å². The molecule has 0 amide bonds. The summed E-state index contributed by atoms with van der Waals surface area (Å²) in [6.45, 7) is 18.8. The number of imidazole rings is 1. The lowest BCUT2D eigenvalue weighted by atomic mass is 9.83. The Bertz CT molecular complexity index is 3220. The number of nitrogens with zero attached hydrogens (tertiary/aromatic N) is 3. The molecule has 2 aromatic heterocycles. The lowest BCUT2D eigenvalue weighted by Crippen LogP contribution is -2.12. The minimum Gasteiger partial charge on any atom is -0.507 e. The van der Waals surface area contributed by atoms with Crippen LogP contribution in [0.15, 0.2) is 140 Å². The zero-order valence-electron chi connectivity index (χ0n) is 43.9. The van der Waals surface area contributed by atoms with Gasteiger partial charge in [0.2, 0.25) is 0 Å². The smallest absolute Gasteiger partial charge is 0.149 e. The first-order valence-corrected chi connectivity index (χ1v) is 21.2. The molecule has 0 aliphatic rings. The van der Waals surface area contributed by atoms with Crippen LogP contribution in [0, 0.1) is 6.85 Å². The summed E-state index contributed by atoms with van der Waals surface area (Å²) >= 11 is 0. The quantitative estimate of drug-likeness (QED) is 0.166. The second-order valence-electron chi connectivity index (χ2n) is 18.9. The van der Waals surface area contributed by atoms with Crippen molar-refractivity contribution < 1.29 is 14.7 Å². The number of hydrogen-bond donors (Lipinski definition) is 1. The Hall–Kier alpha value is -6.26. The molecule has 2 heterocycles. The number of rotatable bonds is 8. The molecule has 0 radical (unpaired) electrons. The predicted octanol–water partition coefficient (Wildman–Crippen LogP) is 15.6. The van der Waals surface area contributed by atoms with E-state index in [-0.39, 0.29) is 34.0 Å². The van der Waals surface area contributed by atoms with Gasteiger partial charge in [-0.2, -0.15) is 0 Å². The van der Waals surface area contributed by atoms with Gasteiger partial charge in [-0.3, -0.25) is 9.55 Å². The van der Waals surface area contributed by atoms with E-state index in [0.717, 1.165) is 66.8 Å². The molecule has 0 aliphatic carbocycles. The van der Waals surface area contributed by atoms with Gasteiger partial charge in [0.25, 0.3) is 0 Å². The molecule has 0 fully saturated rings. The maximum Gasteiger partial charge on any atom is 0.149 e. The van der Waals surface area contributed by atoms with Crippen molar-refractivity contribution in [2.45, 2.75) is 98.8 Å². The third kappa shape index (κ3) is 8.29. The van der Waals surface area contributed by atoms with Gasteiger partial charge in [0.1, 0.15) is 11.6 Å². The molecule has 0 saturated heterocycles. The van der Waals surface area contributed by atoms with E-state index in [9.17, 15) is 5.11 Å². The molecule has 0 aliphatic heterocycles. The van der Waals surface area contributed by atoms with Gasteiger partial charge in [-0.05, 0) is 128 Å². The lowest BCUT2D eigenvalue weighted by molar-refractivity contribution is 0.466. The SMILES string of the molecule is [2H]c1c([2H])c(C([2H])([2H])[2H])c([2H])c([2H])c1-c1ccnc(-c2cc(-c3cccc4c3nc(-c3cc(C(C)C)cc(C(C)C)c3O)n4-c3cc(-c4ccccc4)cc(C(C)(C)C)c3)cc(C(C)(C)C)c2)c1. The van der Waals surface area contributed by atoms with Crippen LogP contribution in [0.25, 0.3) is 72.7 Å². The fourth-order valence-corrected chi connectivity index (χ4v) is 7.93. The third-order valence-corrected chi connectivity index (χ3v) is 11.6. The van der Waals surface area contributed by atoms with E-state index < -0.39 is 36.6 Å². The maximum atomic E-state index is 12.3. The summed E-state index contributed by atoms with van der Waals surface area (Å²) in [6, 6.07) is 35.1. The van der Waals surface area contributed by atoms with Crippen molar-refractivity contribution >= 4 is 11.0 Å². The highest BCUT2D eigenvalue weighted by molar-refractivity contribution is 5.97. The topological polar surface area (TPSA) is 50.9 Å². The Kier molecular flexibility index (Phi) is 8.76. The van der Waals surface area contributed by atoms with Gasteiger partial charge < -0.3 is 5.11 Å².